The number of likely N-dealkylation sites (tertiary alicyclic amines) is 1. The summed E-state index contributed by atoms with van der Waals surface area (Å²) >= 11 is 13.4. The molecule has 48 heavy (non-hydrogen) atoms. The first-order valence-electron chi connectivity index (χ1n) is 16.5. The third kappa shape index (κ3) is 6.51. The van der Waals surface area contributed by atoms with Crippen molar-refractivity contribution in [3.05, 3.63) is 104 Å². The number of aryl methyl sites for hydroxylation is 1. The first-order valence-corrected chi connectivity index (χ1v) is 17.2. The molecular formula is C37H41Cl2N9. The summed E-state index contributed by atoms with van der Waals surface area (Å²) in [6.45, 7) is 12.7. The summed E-state index contributed by atoms with van der Waals surface area (Å²) in [5, 5.41) is 24.8. The molecule has 1 fully saturated rings. The molecule has 1 aromatic heterocycles. The fraction of sp³-hybridized carbons (Fsp3) is 0.351. The lowest BCUT2D eigenvalue weighted by molar-refractivity contribution is 0.0570. The van der Waals surface area contributed by atoms with E-state index in [1.807, 2.05) is 37.3 Å². The largest absolute Gasteiger partial charge is 0.373 e. The fourth-order valence-corrected chi connectivity index (χ4v) is 7.33. The zero-order chi connectivity index (χ0) is 33.6. The number of nitrogens with one attached hydrogen (secondary N) is 5. The van der Waals surface area contributed by atoms with Crippen LogP contribution < -0.4 is 26.9 Å². The van der Waals surface area contributed by atoms with Crippen LogP contribution in [0.2, 0.25) is 10.0 Å². The van der Waals surface area contributed by atoms with Gasteiger partial charge in [-0.25, -0.2) is 0 Å². The van der Waals surface area contributed by atoms with Crippen molar-refractivity contribution in [1.82, 2.24) is 31.2 Å². The molecule has 4 heterocycles. The van der Waals surface area contributed by atoms with Crippen molar-refractivity contribution in [3.63, 3.8) is 0 Å². The van der Waals surface area contributed by atoms with Crippen LogP contribution >= 0.6 is 23.2 Å². The van der Waals surface area contributed by atoms with Gasteiger partial charge in [0, 0.05) is 71.9 Å². The van der Waals surface area contributed by atoms with Crippen molar-refractivity contribution in [1.29, 1.82) is 5.26 Å². The highest BCUT2D eigenvalue weighted by Gasteiger charge is 2.32. The number of hydrogen-bond donors (Lipinski definition) is 5. The van der Waals surface area contributed by atoms with E-state index in [0.717, 1.165) is 72.6 Å². The Morgan fingerprint density at radius 3 is 2.50 bits per heavy atom. The zero-order valence-corrected chi connectivity index (χ0v) is 29.2. The van der Waals surface area contributed by atoms with Crippen molar-refractivity contribution < 1.29 is 0 Å². The van der Waals surface area contributed by atoms with E-state index in [9.17, 15) is 5.26 Å². The molecule has 0 spiro atoms. The van der Waals surface area contributed by atoms with Crippen LogP contribution in [0.15, 0.2) is 66.6 Å². The number of nitriles is 1. The SMILES string of the molecule is Cc1ccc(Nc2c(C#N)cnc3c(Cl)cc(N[C@H](C4=CN(C5CCN(C(C)(C)C)CC5)NN4)c4ccc5c(c4)CNC5)cc23)cc1Cl. The van der Waals surface area contributed by atoms with Crippen molar-refractivity contribution in [3.8, 4) is 6.07 Å². The van der Waals surface area contributed by atoms with Crippen LogP contribution in [0.5, 0.6) is 0 Å². The second kappa shape index (κ2) is 13.1. The van der Waals surface area contributed by atoms with Crippen LogP contribution in [0, 0.1) is 18.3 Å². The van der Waals surface area contributed by atoms with Crippen molar-refractivity contribution in [2.75, 3.05) is 23.7 Å². The van der Waals surface area contributed by atoms with Gasteiger partial charge >= 0.3 is 0 Å². The van der Waals surface area contributed by atoms with Gasteiger partial charge < -0.3 is 21.4 Å². The van der Waals surface area contributed by atoms with E-state index in [4.69, 9.17) is 23.2 Å². The van der Waals surface area contributed by atoms with E-state index in [1.54, 1.807) is 6.20 Å². The number of pyridine rings is 1. The molecule has 1 saturated heterocycles. The molecule has 0 saturated carbocycles. The topological polar surface area (TPSA) is 103 Å². The molecule has 0 aliphatic carbocycles. The van der Waals surface area contributed by atoms with Gasteiger partial charge in [-0.2, -0.15) is 5.26 Å². The van der Waals surface area contributed by atoms with Gasteiger partial charge in [-0.05, 0) is 87.1 Å². The number of aromatic nitrogens is 1. The number of anilines is 3. The maximum Gasteiger partial charge on any atom is 0.103 e. The average molecular weight is 683 g/mol. The quantitative estimate of drug-likeness (QED) is 0.135. The minimum Gasteiger partial charge on any atom is -0.373 e. The highest BCUT2D eigenvalue weighted by molar-refractivity contribution is 6.36. The number of rotatable bonds is 7. The van der Waals surface area contributed by atoms with Gasteiger partial charge in [-0.3, -0.25) is 14.9 Å². The highest BCUT2D eigenvalue weighted by atomic mass is 35.5. The molecule has 4 aromatic rings. The second-order valence-corrected chi connectivity index (χ2v) is 14.7. The smallest absolute Gasteiger partial charge is 0.103 e. The lowest BCUT2D eigenvalue weighted by Gasteiger charge is -2.42. The molecule has 248 valence electrons. The number of hydrogen-bond acceptors (Lipinski definition) is 9. The maximum atomic E-state index is 10.1. The molecule has 5 N–H and O–H groups in total. The molecule has 9 nitrogen and oxygen atoms in total. The van der Waals surface area contributed by atoms with Gasteiger partial charge in [0.1, 0.15) is 6.07 Å². The van der Waals surface area contributed by atoms with Gasteiger partial charge in [0.05, 0.1) is 33.5 Å². The lowest BCUT2D eigenvalue weighted by atomic mass is 9.97. The Bertz CT molecular complexity index is 1940. The van der Waals surface area contributed by atoms with E-state index in [-0.39, 0.29) is 11.6 Å². The average Bonchev–Trinajstić information content (AvgIpc) is 3.75. The number of nitrogens with zero attached hydrogens (tertiary/aromatic N) is 4. The van der Waals surface area contributed by atoms with Crippen LogP contribution in [0.25, 0.3) is 10.9 Å². The summed E-state index contributed by atoms with van der Waals surface area (Å²) in [6.07, 6.45) is 5.91. The summed E-state index contributed by atoms with van der Waals surface area (Å²) in [5.41, 5.74) is 16.1. The van der Waals surface area contributed by atoms with Crippen LogP contribution in [0.3, 0.4) is 0 Å². The zero-order valence-electron chi connectivity index (χ0n) is 27.7. The monoisotopic (exact) mass is 681 g/mol. The molecule has 3 aliphatic heterocycles. The Kier molecular flexibility index (Phi) is 8.88. The minimum atomic E-state index is -0.212. The molecule has 0 radical (unpaired) electrons. The fourth-order valence-electron chi connectivity index (χ4n) is 6.88. The molecule has 0 amide bonds. The predicted octanol–water partition coefficient (Wildman–Crippen LogP) is 7.65. The van der Waals surface area contributed by atoms with Gasteiger partial charge in [-0.15, -0.1) is 5.53 Å². The Hall–Kier alpha value is -4.04. The Balaban J connectivity index is 1.24. The minimum absolute atomic E-state index is 0.174. The number of halogens is 2. The van der Waals surface area contributed by atoms with E-state index >= 15 is 0 Å². The second-order valence-electron chi connectivity index (χ2n) is 13.9. The molecule has 11 heteroatoms. The van der Waals surface area contributed by atoms with Gasteiger partial charge in [0.15, 0.2) is 0 Å². The van der Waals surface area contributed by atoms with Crippen LogP contribution in [-0.2, 0) is 13.1 Å². The van der Waals surface area contributed by atoms with E-state index in [2.05, 4.69) is 93.0 Å². The molecule has 7 rings (SSSR count). The third-order valence-corrected chi connectivity index (χ3v) is 10.4. The van der Waals surface area contributed by atoms with Crippen molar-refractivity contribution in [2.45, 2.75) is 71.2 Å². The Morgan fingerprint density at radius 2 is 1.75 bits per heavy atom. The normalized spacial score (nSPS) is 17.5. The molecule has 3 aliphatic rings. The van der Waals surface area contributed by atoms with Gasteiger partial charge in [0.25, 0.3) is 0 Å². The van der Waals surface area contributed by atoms with E-state index < -0.39 is 0 Å². The number of piperidine rings is 1. The lowest BCUT2D eigenvalue weighted by Crippen LogP contribution is -2.52. The first kappa shape index (κ1) is 32.5. The summed E-state index contributed by atoms with van der Waals surface area (Å²) in [5.74, 6) is 0. The summed E-state index contributed by atoms with van der Waals surface area (Å²) < 4.78 is 0. The van der Waals surface area contributed by atoms with Crippen molar-refractivity contribution >= 4 is 51.2 Å². The van der Waals surface area contributed by atoms with Crippen LogP contribution in [-0.4, -0.2) is 39.6 Å². The number of hydrazine groups is 2. The number of fused-ring (bicyclic) bond motifs is 2. The number of benzene rings is 3. The summed E-state index contributed by atoms with van der Waals surface area (Å²) in [6, 6.07) is 18.8. The standard InChI is InChI=1S/C37H41Cl2N9/c1-22-5-8-27(15-31(22)38)43-34-26(17-40)20-42-36-30(34)14-28(16-32(36)39)44-35(23-6-7-24-18-41-19-25(24)13-23)33-21-48(46-45-33)29-9-11-47(12-10-29)37(2,3)4/h5-8,13-16,20-21,29,35,41,44-46H,9-12,18-19H2,1-4H3,(H,42,43)/t35-/m0/s1. The Labute approximate surface area is 292 Å². The molecule has 1 atom stereocenters. The predicted molar refractivity (Wildman–Crippen MR) is 195 cm³/mol. The molecular weight excluding hydrogens is 641 g/mol. The van der Waals surface area contributed by atoms with E-state index in [0.29, 0.717) is 32.9 Å². The van der Waals surface area contributed by atoms with Crippen LogP contribution in [0.4, 0.5) is 17.1 Å². The van der Waals surface area contributed by atoms with Crippen molar-refractivity contribution in [2.24, 2.45) is 0 Å². The summed E-state index contributed by atoms with van der Waals surface area (Å²) in [4.78, 5) is 7.13. The van der Waals surface area contributed by atoms with E-state index in [1.165, 1.54) is 11.1 Å². The first-order chi connectivity index (χ1) is 23.1. The maximum absolute atomic E-state index is 10.1. The van der Waals surface area contributed by atoms with Crippen LogP contribution in [0.1, 0.15) is 67.5 Å². The molecule has 0 unspecified atom stereocenters. The molecule has 3 aromatic carbocycles. The highest BCUT2D eigenvalue weighted by Crippen LogP contribution is 2.38. The molecule has 0 bridgehead atoms. The Morgan fingerprint density at radius 1 is 0.979 bits per heavy atom. The van der Waals surface area contributed by atoms with Gasteiger partial charge in [-0.1, -0.05) is 47.5 Å². The third-order valence-electron chi connectivity index (χ3n) is 9.72. The summed E-state index contributed by atoms with van der Waals surface area (Å²) in [7, 11) is 0. The van der Waals surface area contributed by atoms with Gasteiger partial charge in [0.2, 0.25) is 0 Å².